The van der Waals surface area contributed by atoms with Gasteiger partial charge in [-0.15, -0.1) is 0 Å². The summed E-state index contributed by atoms with van der Waals surface area (Å²) in [6, 6.07) is 19.6. The molecule has 1 aliphatic heterocycles. The fourth-order valence-electron chi connectivity index (χ4n) is 2.90. The SMILES string of the molecule is CC1Oc2ccc3ccccc3c2/C1=N/OS(=O)(=O)c1ccccc1. The summed E-state index contributed by atoms with van der Waals surface area (Å²) in [5, 5.41) is 5.92. The number of ether oxygens (including phenoxy) is 1. The van der Waals surface area contributed by atoms with E-state index in [4.69, 9.17) is 9.02 Å². The molecule has 1 aliphatic rings. The molecule has 6 heteroatoms. The minimum absolute atomic E-state index is 0.0593. The van der Waals surface area contributed by atoms with Gasteiger partial charge in [-0.3, -0.25) is 4.28 Å². The molecule has 0 saturated carbocycles. The minimum Gasteiger partial charge on any atom is -0.484 e. The van der Waals surface area contributed by atoms with Crippen LogP contribution >= 0.6 is 0 Å². The van der Waals surface area contributed by atoms with Gasteiger partial charge in [-0.25, -0.2) is 0 Å². The van der Waals surface area contributed by atoms with Crippen molar-refractivity contribution in [2.45, 2.75) is 17.9 Å². The molecule has 1 atom stereocenters. The fraction of sp³-hybridized carbons (Fsp3) is 0.105. The highest BCUT2D eigenvalue weighted by Gasteiger charge is 2.30. The molecule has 25 heavy (non-hydrogen) atoms. The maximum absolute atomic E-state index is 12.3. The van der Waals surface area contributed by atoms with Gasteiger partial charge >= 0.3 is 10.1 Å². The van der Waals surface area contributed by atoms with Crippen LogP contribution < -0.4 is 4.74 Å². The Morgan fingerprint density at radius 3 is 2.48 bits per heavy atom. The molecular formula is C19H15NO4S. The first-order chi connectivity index (χ1) is 12.1. The van der Waals surface area contributed by atoms with Crippen molar-refractivity contribution >= 4 is 26.6 Å². The summed E-state index contributed by atoms with van der Waals surface area (Å²) >= 11 is 0. The van der Waals surface area contributed by atoms with E-state index in [-0.39, 0.29) is 4.90 Å². The van der Waals surface area contributed by atoms with E-state index < -0.39 is 16.2 Å². The number of benzene rings is 3. The highest BCUT2D eigenvalue weighted by molar-refractivity contribution is 7.86. The van der Waals surface area contributed by atoms with Gasteiger partial charge in [0.15, 0.2) is 0 Å². The summed E-state index contributed by atoms with van der Waals surface area (Å²) in [5.41, 5.74) is 1.24. The van der Waals surface area contributed by atoms with E-state index >= 15 is 0 Å². The second kappa shape index (κ2) is 5.89. The Balaban J connectivity index is 1.78. The second-order valence-electron chi connectivity index (χ2n) is 5.74. The van der Waals surface area contributed by atoms with Crippen LogP contribution in [-0.4, -0.2) is 20.2 Å². The predicted molar refractivity (Wildman–Crippen MR) is 95.3 cm³/mol. The first-order valence-electron chi connectivity index (χ1n) is 7.81. The molecule has 0 aromatic heterocycles. The average molecular weight is 353 g/mol. The van der Waals surface area contributed by atoms with Crippen LogP contribution in [0.4, 0.5) is 0 Å². The van der Waals surface area contributed by atoms with Gasteiger partial charge in [0, 0.05) is 0 Å². The van der Waals surface area contributed by atoms with E-state index in [2.05, 4.69) is 5.16 Å². The minimum atomic E-state index is -3.97. The van der Waals surface area contributed by atoms with E-state index in [0.717, 1.165) is 16.3 Å². The number of oxime groups is 1. The van der Waals surface area contributed by atoms with Crippen LogP contribution in [0.25, 0.3) is 10.8 Å². The monoisotopic (exact) mass is 353 g/mol. The quantitative estimate of drug-likeness (QED) is 0.673. The molecule has 0 saturated heterocycles. The summed E-state index contributed by atoms with van der Waals surface area (Å²) in [7, 11) is -3.97. The van der Waals surface area contributed by atoms with Gasteiger partial charge in [0.2, 0.25) is 0 Å². The predicted octanol–water partition coefficient (Wildman–Crippen LogP) is 3.73. The summed E-state index contributed by atoms with van der Waals surface area (Å²) in [6.07, 6.45) is -0.397. The van der Waals surface area contributed by atoms with Crippen molar-refractivity contribution in [1.29, 1.82) is 0 Å². The Hall–Kier alpha value is -2.86. The molecule has 3 aromatic carbocycles. The molecule has 0 radical (unpaired) electrons. The fourth-order valence-corrected chi connectivity index (χ4v) is 3.66. The van der Waals surface area contributed by atoms with E-state index in [0.29, 0.717) is 11.5 Å². The smallest absolute Gasteiger partial charge is 0.358 e. The lowest BCUT2D eigenvalue weighted by Crippen LogP contribution is -2.18. The van der Waals surface area contributed by atoms with E-state index in [1.165, 1.54) is 12.1 Å². The van der Waals surface area contributed by atoms with E-state index in [1.54, 1.807) is 18.2 Å². The Labute approximate surface area is 145 Å². The Kier molecular flexibility index (Phi) is 3.69. The average Bonchev–Trinajstić information content (AvgIpc) is 2.96. The number of hydrogen-bond acceptors (Lipinski definition) is 5. The summed E-state index contributed by atoms with van der Waals surface area (Å²) < 4.78 is 35.4. The van der Waals surface area contributed by atoms with Crippen molar-refractivity contribution in [2.24, 2.45) is 5.16 Å². The van der Waals surface area contributed by atoms with Crippen molar-refractivity contribution in [1.82, 2.24) is 0 Å². The molecular weight excluding hydrogens is 338 g/mol. The van der Waals surface area contributed by atoms with Crippen LogP contribution in [0.5, 0.6) is 5.75 Å². The standard InChI is InChI=1S/C19H15NO4S/c1-13-19(20-24-25(21,22)15-8-3-2-4-9-15)18-16-10-6-5-7-14(16)11-12-17(18)23-13/h2-13H,1H3/b20-19+. The van der Waals surface area contributed by atoms with Crippen LogP contribution in [0.1, 0.15) is 12.5 Å². The lowest BCUT2D eigenvalue weighted by Gasteiger charge is -2.06. The van der Waals surface area contributed by atoms with Crippen LogP contribution in [0.15, 0.2) is 76.8 Å². The molecule has 0 spiro atoms. The number of nitrogens with zero attached hydrogens (tertiary/aromatic N) is 1. The molecule has 0 aliphatic carbocycles. The van der Waals surface area contributed by atoms with Crippen LogP contribution in [-0.2, 0) is 14.4 Å². The molecule has 1 heterocycles. The maximum Gasteiger partial charge on any atom is 0.358 e. The number of rotatable bonds is 3. The van der Waals surface area contributed by atoms with Crippen molar-refractivity contribution in [3.05, 3.63) is 72.3 Å². The lowest BCUT2D eigenvalue weighted by atomic mass is 10.00. The van der Waals surface area contributed by atoms with E-state index in [1.807, 2.05) is 43.3 Å². The molecule has 126 valence electrons. The largest absolute Gasteiger partial charge is 0.484 e. The van der Waals surface area contributed by atoms with Gasteiger partial charge in [0.05, 0.1) is 5.56 Å². The molecule has 3 aromatic rings. The van der Waals surface area contributed by atoms with Gasteiger partial charge in [-0.1, -0.05) is 53.7 Å². The summed E-state index contributed by atoms with van der Waals surface area (Å²) in [6.45, 7) is 1.81. The molecule has 0 amide bonds. The molecule has 0 bridgehead atoms. The molecule has 0 fully saturated rings. The third kappa shape index (κ3) is 2.74. The van der Waals surface area contributed by atoms with Crippen molar-refractivity contribution in [3.63, 3.8) is 0 Å². The molecule has 0 N–H and O–H groups in total. The van der Waals surface area contributed by atoms with Gasteiger partial charge in [0.1, 0.15) is 22.5 Å². The number of fused-ring (bicyclic) bond motifs is 3. The highest BCUT2D eigenvalue weighted by atomic mass is 32.2. The Bertz CT molecular complexity index is 1080. The van der Waals surface area contributed by atoms with Crippen LogP contribution in [0, 0.1) is 0 Å². The molecule has 1 unspecified atom stereocenters. The first-order valence-corrected chi connectivity index (χ1v) is 9.22. The summed E-state index contributed by atoms with van der Waals surface area (Å²) in [4.78, 5) is 0.0593. The lowest BCUT2D eigenvalue weighted by molar-refractivity contribution is 0.291. The zero-order chi connectivity index (χ0) is 17.4. The van der Waals surface area contributed by atoms with Gasteiger partial charge < -0.3 is 4.74 Å². The third-order valence-corrected chi connectivity index (χ3v) is 5.22. The van der Waals surface area contributed by atoms with Gasteiger partial charge in [0.25, 0.3) is 0 Å². The van der Waals surface area contributed by atoms with Gasteiger partial charge in [-0.05, 0) is 35.9 Å². The maximum atomic E-state index is 12.3. The highest BCUT2D eigenvalue weighted by Crippen LogP contribution is 2.35. The first kappa shape index (κ1) is 15.7. The number of hydrogen-bond donors (Lipinski definition) is 0. The third-order valence-electron chi connectivity index (χ3n) is 4.10. The van der Waals surface area contributed by atoms with Crippen molar-refractivity contribution < 1.29 is 17.4 Å². The van der Waals surface area contributed by atoms with Crippen molar-refractivity contribution in [3.8, 4) is 5.75 Å². The summed E-state index contributed by atoms with van der Waals surface area (Å²) in [5.74, 6) is 0.672. The Morgan fingerprint density at radius 2 is 1.68 bits per heavy atom. The zero-order valence-electron chi connectivity index (χ0n) is 13.4. The zero-order valence-corrected chi connectivity index (χ0v) is 14.2. The van der Waals surface area contributed by atoms with Crippen LogP contribution in [0.2, 0.25) is 0 Å². The Morgan fingerprint density at radius 1 is 0.960 bits per heavy atom. The molecule has 5 nitrogen and oxygen atoms in total. The van der Waals surface area contributed by atoms with Crippen molar-refractivity contribution in [2.75, 3.05) is 0 Å². The van der Waals surface area contributed by atoms with Crippen LogP contribution in [0.3, 0.4) is 0 Å². The van der Waals surface area contributed by atoms with Gasteiger partial charge in [-0.2, -0.15) is 8.42 Å². The van der Waals surface area contributed by atoms with E-state index in [9.17, 15) is 8.42 Å². The topological polar surface area (TPSA) is 65.0 Å². The molecule has 4 rings (SSSR count). The normalized spacial score (nSPS) is 18.1. The second-order valence-corrected chi connectivity index (χ2v) is 7.27.